The SMILES string of the molecule is COc1ccc(N=CC2C(=O)OC(C)(C)OC2=O)cc1OCCCN1CCCC1. The standard InChI is InChI=1S/C21H28N2O6/c1-21(2)28-19(24)16(20(25)29-21)14-22-15-7-8-17(26-3)18(13-15)27-12-6-11-23-9-4-5-10-23/h7-8,13-14,16H,4-6,9-12H2,1-3H3. The van der Waals surface area contributed by atoms with Crippen LogP contribution in [0.5, 0.6) is 11.5 Å². The molecule has 2 heterocycles. The lowest BCUT2D eigenvalue weighted by Crippen LogP contribution is -2.46. The highest BCUT2D eigenvalue weighted by molar-refractivity contribution is 6.10. The average molecular weight is 404 g/mol. The summed E-state index contributed by atoms with van der Waals surface area (Å²) in [6, 6.07) is 5.17. The maximum Gasteiger partial charge on any atom is 0.329 e. The van der Waals surface area contributed by atoms with Crippen molar-refractivity contribution in [2.24, 2.45) is 10.9 Å². The molecule has 2 fully saturated rings. The summed E-state index contributed by atoms with van der Waals surface area (Å²) in [5.74, 6) is -2.63. The highest BCUT2D eigenvalue weighted by Gasteiger charge is 2.42. The van der Waals surface area contributed by atoms with Gasteiger partial charge in [0.15, 0.2) is 17.4 Å². The lowest BCUT2D eigenvalue weighted by molar-refractivity contribution is -0.235. The number of rotatable bonds is 8. The summed E-state index contributed by atoms with van der Waals surface area (Å²) < 4.78 is 21.4. The van der Waals surface area contributed by atoms with Crippen LogP contribution in [0.2, 0.25) is 0 Å². The van der Waals surface area contributed by atoms with E-state index in [9.17, 15) is 9.59 Å². The molecule has 8 heteroatoms. The Bertz CT molecular complexity index is 750. The van der Waals surface area contributed by atoms with Crippen LogP contribution in [0, 0.1) is 5.92 Å². The van der Waals surface area contributed by atoms with Gasteiger partial charge < -0.3 is 23.8 Å². The van der Waals surface area contributed by atoms with Gasteiger partial charge in [-0.3, -0.25) is 14.6 Å². The molecule has 1 aromatic rings. The molecule has 29 heavy (non-hydrogen) atoms. The smallest absolute Gasteiger partial charge is 0.329 e. The zero-order chi connectivity index (χ0) is 20.9. The first-order chi connectivity index (χ1) is 13.9. The number of nitrogens with zero attached hydrogens (tertiary/aromatic N) is 2. The van der Waals surface area contributed by atoms with Crippen LogP contribution in [-0.2, 0) is 19.1 Å². The predicted octanol–water partition coefficient (Wildman–Crippen LogP) is 2.71. The fourth-order valence-electron chi connectivity index (χ4n) is 3.35. The van der Waals surface area contributed by atoms with Crippen molar-refractivity contribution in [2.45, 2.75) is 38.9 Å². The van der Waals surface area contributed by atoms with Crippen LogP contribution in [0.1, 0.15) is 33.1 Å². The van der Waals surface area contributed by atoms with E-state index in [2.05, 4.69) is 9.89 Å². The van der Waals surface area contributed by atoms with E-state index in [1.807, 2.05) is 0 Å². The Morgan fingerprint density at radius 1 is 1.17 bits per heavy atom. The van der Waals surface area contributed by atoms with Crippen LogP contribution in [-0.4, -0.2) is 62.2 Å². The highest BCUT2D eigenvalue weighted by atomic mass is 16.7. The van der Waals surface area contributed by atoms with Gasteiger partial charge in [0.25, 0.3) is 5.79 Å². The second-order valence-electron chi connectivity index (χ2n) is 7.58. The molecule has 0 spiro atoms. The number of ether oxygens (including phenoxy) is 4. The number of hydrogen-bond donors (Lipinski definition) is 0. The van der Waals surface area contributed by atoms with E-state index in [1.165, 1.54) is 32.9 Å². The minimum absolute atomic E-state index is 0.533. The average Bonchev–Trinajstić information content (AvgIpc) is 3.17. The topological polar surface area (TPSA) is 86.7 Å². The van der Waals surface area contributed by atoms with E-state index in [4.69, 9.17) is 18.9 Å². The fourth-order valence-corrected chi connectivity index (χ4v) is 3.35. The molecule has 3 rings (SSSR count). The molecule has 0 saturated carbocycles. The van der Waals surface area contributed by atoms with Gasteiger partial charge in [-0.1, -0.05) is 0 Å². The Hall–Kier alpha value is -2.61. The molecule has 1 aromatic carbocycles. The molecule has 2 aliphatic heterocycles. The van der Waals surface area contributed by atoms with Crippen LogP contribution >= 0.6 is 0 Å². The first-order valence-electron chi connectivity index (χ1n) is 9.91. The summed E-state index contributed by atoms with van der Waals surface area (Å²) in [4.78, 5) is 30.7. The first-order valence-corrected chi connectivity index (χ1v) is 9.91. The summed E-state index contributed by atoms with van der Waals surface area (Å²) in [7, 11) is 1.57. The van der Waals surface area contributed by atoms with Crippen LogP contribution in [0.25, 0.3) is 0 Å². The van der Waals surface area contributed by atoms with Crippen molar-refractivity contribution >= 4 is 23.8 Å². The van der Waals surface area contributed by atoms with E-state index < -0.39 is 23.6 Å². The Labute approximate surface area is 170 Å². The quantitative estimate of drug-likeness (QED) is 0.285. The normalized spacial score (nSPS) is 20.0. The monoisotopic (exact) mass is 404 g/mol. The van der Waals surface area contributed by atoms with Gasteiger partial charge in [-0.15, -0.1) is 0 Å². The van der Waals surface area contributed by atoms with Gasteiger partial charge in [-0.25, -0.2) is 0 Å². The third-order valence-corrected chi connectivity index (χ3v) is 4.80. The highest BCUT2D eigenvalue weighted by Crippen LogP contribution is 2.32. The number of carbonyl (C=O) groups excluding carboxylic acids is 2. The molecular formula is C21H28N2O6. The van der Waals surface area contributed by atoms with Crippen molar-refractivity contribution in [3.63, 3.8) is 0 Å². The van der Waals surface area contributed by atoms with Gasteiger partial charge in [0, 0.05) is 32.7 Å². The Kier molecular flexibility index (Phi) is 6.74. The summed E-state index contributed by atoms with van der Waals surface area (Å²) in [5, 5.41) is 0. The number of cyclic esters (lactones) is 2. The third kappa shape index (κ3) is 5.69. The molecule has 2 aliphatic rings. The van der Waals surface area contributed by atoms with Crippen molar-refractivity contribution in [3.8, 4) is 11.5 Å². The lowest BCUT2D eigenvalue weighted by Gasteiger charge is -2.31. The van der Waals surface area contributed by atoms with Crippen molar-refractivity contribution in [1.29, 1.82) is 0 Å². The Balaban J connectivity index is 1.60. The molecule has 0 bridgehead atoms. The molecular weight excluding hydrogens is 376 g/mol. The zero-order valence-corrected chi connectivity index (χ0v) is 17.2. The maximum absolute atomic E-state index is 12.0. The van der Waals surface area contributed by atoms with E-state index in [1.54, 1.807) is 25.3 Å². The van der Waals surface area contributed by atoms with E-state index in [0.29, 0.717) is 23.8 Å². The zero-order valence-electron chi connectivity index (χ0n) is 17.2. The van der Waals surface area contributed by atoms with Crippen molar-refractivity contribution in [3.05, 3.63) is 18.2 Å². The largest absolute Gasteiger partial charge is 0.493 e. The van der Waals surface area contributed by atoms with Gasteiger partial charge in [0.1, 0.15) is 0 Å². The summed E-state index contributed by atoms with van der Waals surface area (Å²) in [6.07, 6.45) is 4.70. The van der Waals surface area contributed by atoms with Crippen LogP contribution in [0.15, 0.2) is 23.2 Å². The first kappa shape index (κ1) is 21.1. The summed E-state index contributed by atoms with van der Waals surface area (Å²) in [5.41, 5.74) is 0.533. The Morgan fingerprint density at radius 2 is 1.86 bits per heavy atom. The molecule has 0 amide bonds. The lowest BCUT2D eigenvalue weighted by atomic mass is 10.1. The molecule has 2 saturated heterocycles. The third-order valence-electron chi connectivity index (χ3n) is 4.80. The molecule has 0 unspecified atom stereocenters. The predicted molar refractivity (Wildman–Crippen MR) is 107 cm³/mol. The molecule has 0 atom stereocenters. The van der Waals surface area contributed by atoms with E-state index >= 15 is 0 Å². The number of hydrogen-bond acceptors (Lipinski definition) is 8. The minimum atomic E-state index is -1.26. The molecule has 0 aromatic heterocycles. The van der Waals surface area contributed by atoms with Gasteiger partial charge in [0.05, 0.1) is 19.4 Å². The van der Waals surface area contributed by atoms with Crippen molar-refractivity contribution in [2.75, 3.05) is 33.4 Å². The van der Waals surface area contributed by atoms with Crippen LogP contribution < -0.4 is 9.47 Å². The molecule has 0 radical (unpaired) electrons. The number of likely N-dealkylation sites (tertiary alicyclic amines) is 1. The summed E-state index contributed by atoms with van der Waals surface area (Å²) >= 11 is 0. The maximum atomic E-state index is 12.0. The van der Waals surface area contributed by atoms with Gasteiger partial charge >= 0.3 is 11.9 Å². The van der Waals surface area contributed by atoms with Crippen LogP contribution in [0.4, 0.5) is 5.69 Å². The number of benzene rings is 1. The van der Waals surface area contributed by atoms with Crippen molar-refractivity contribution < 1.29 is 28.5 Å². The second kappa shape index (κ2) is 9.26. The van der Waals surface area contributed by atoms with Gasteiger partial charge in [0.2, 0.25) is 0 Å². The molecule has 0 N–H and O–H groups in total. The molecule has 8 nitrogen and oxygen atoms in total. The van der Waals surface area contributed by atoms with Crippen LogP contribution in [0.3, 0.4) is 0 Å². The second-order valence-corrected chi connectivity index (χ2v) is 7.58. The van der Waals surface area contributed by atoms with E-state index in [-0.39, 0.29) is 0 Å². The minimum Gasteiger partial charge on any atom is -0.493 e. The number of methoxy groups -OCH3 is 1. The summed E-state index contributed by atoms with van der Waals surface area (Å²) in [6.45, 7) is 6.92. The fraction of sp³-hybridized carbons (Fsp3) is 0.571. The number of aliphatic imine (C=N–C) groups is 1. The van der Waals surface area contributed by atoms with Gasteiger partial charge in [-0.05, 0) is 44.5 Å². The Morgan fingerprint density at radius 3 is 2.52 bits per heavy atom. The van der Waals surface area contributed by atoms with Crippen molar-refractivity contribution in [1.82, 2.24) is 4.90 Å². The molecule has 158 valence electrons. The van der Waals surface area contributed by atoms with Gasteiger partial charge in [-0.2, -0.15) is 0 Å². The van der Waals surface area contributed by atoms with E-state index in [0.717, 1.165) is 26.1 Å². The number of carbonyl (C=O) groups is 2. The molecule has 0 aliphatic carbocycles. The number of esters is 2.